The van der Waals surface area contributed by atoms with Gasteiger partial charge in [0.15, 0.2) is 6.61 Å². The quantitative estimate of drug-likeness (QED) is 0.572. The molecule has 4 rings (SSSR count). The minimum Gasteiger partial charge on any atom is -0.484 e. The summed E-state index contributed by atoms with van der Waals surface area (Å²) in [6, 6.07) is 21.4. The van der Waals surface area contributed by atoms with Gasteiger partial charge in [-0.15, -0.1) is 0 Å². The highest BCUT2D eigenvalue weighted by molar-refractivity contribution is 7.92. The minimum atomic E-state index is -3.65. The van der Waals surface area contributed by atoms with Crippen LogP contribution in [0.3, 0.4) is 0 Å². The number of carbonyl (C=O) groups is 1. The van der Waals surface area contributed by atoms with Crippen molar-refractivity contribution in [1.82, 2.24) is 0 Å². The molecule has 0 unspecified atom stereocenters. The van der Waals surface area contributed by atoms with Crippen LogP contribution in [-0.2, 0) is 21.2 Å². The second-order valence-corrected chi connectivity index (χ2v) is 9.90. The second-order valence-electron chi connectivity index (χ2n) is 8.04. The van der Waals surface area contributed by atoms with E-state index in [0.29, 0.717) is 30.3 Å². The van der Waals surface area contributed by atoms with Crippen molar-refractivity contribution in [3.8, 4) is 5.75 Å². The maximum atomic E-state index is 13.1. The van der Waals surface area contributed by atoms with Crippen LogP contribution in [0.2, 0.25) is 0 Å². The van der Waals surface area contributed by atoms with Gasteiger partial charge in [-0.05, 0) is 65.9 Å². The molecular formula is C25H26N2O4S. The molecule has 7 heteroatoms. The first-order valence-corrected chi connectivity index (χ1v) is 12.0. The van der Waals surface area contributed by atoms with Crippen molar-refractivity contribution in [1.29, 1.82) is 0 Å². The number of nitrogens with zero attached hydrogens (tertiary/aromatic N) is 1. The van der Waals surface area contributed by atoms with Gasteiger partial charge in [0, 0.05) is 12.2 Å². The van der Waals surface area contributed by atoms with Gasteiger partial charge in [-0.3, -0.25) is 9.10 Å². The summed E-state index contributed by atoms with van der Waals surface area (Å²) < 4.78 is 33.1. The number of fused-ring (bicyclic) bond motifs is 1. The van der Waals surface area contributed by atoms with Crippen molar-refractivity contribution in [2.75, 3.05) is 22.8 Å². The molecule has 6 nitrogen and oxygen atoms in total. The molecule has 32 heavy (non-hydrogen) atoms. The Hall–Kier alpha value is -3.32. The Kier molecular flexibility index (Phi) is 6.19. The van der Waals surface area contributed by atoms with Crippen LogP contribution in [0, 0.1) is 0 Å². The van der Waals surface area contributed by atoms with E-state index < -0.39 is 10.0 Å². The van der Waals surface area contributed by atoms with Crippen LogP contribution in [0.1, 0.15) is 30.9 Å². The number of sulfonamides is 1. The average Bonchev–Trinajstić information content (AvgIpc) is 3.23. The molecule has 0 aliphatic carbocycles. The van der Waals surface area contributed by atoms with Gasteiger partial charge >= 0.3 is 0 Å². The first kappa shape index (κ1) is 21.9. The molecule has 0 saturated heterocycles. The number of amides is 1. The first-order chi connectivity index (χ1) is 15.3. The third-order valence-corrected chi connectivity index (χ3v) is 7.31. The Morgan fingerprint density at radius 2 is 1.69 bits per heavy atom. The lowest BCUT2D eigenvalue weighted by Crippen LogP contribution is -2.29. The lowest BCUT2D eigenvalue weighted by atomic mass is 10.0. The first-order valence-electron chi connectivity index (χ1n) is 10.6. The summed E-state index contributed by atoms with van der Waals surface area (Å²) in [6.07, 6.45) is 0.700. The number of nitrogens with one attached hydrogen (secondary N) is 1. The molecule has 0 saturated carbocycles. The number of anilines is 2. The Bertz CT molecular complexity index is 1200. The standard InChI is InChI=1S/C25H26N2O4S/c1-18(2)19-7-9-21(10-8-19)26-25(28)17-31-22-11-13-23(14-12-22)32(29,30)27-16-15-20-5-3-4-6-24(20)27/h3-14,18H,15-17H2,1-2H3,(H,26,28). The third kappa shape index (κ3) is 4.62. The lowest BCUT2D eigenvalue weighted by Gasteiger charge is -2.19. The number of ether oxygens (including phenoxy) is 1. The molecular weight excluding hydrogens is 424 g/mol. The molecule has 1 heterocycles. The van der Waals surface area contributed by atoms with Crippen LogP contribution in [0.15, 0.2) is 77.7 Å². The number of benzene rings is 3. The SMILES string of the molecule is CC(C)c1ccc(NC(=O)COc2ccc(S(=O)(=O)N3CCc4ccccc43)cc2)cc1. The Labute approximate surface area is 188 Å². The van der Waals surface area contributed by atoms with Crippen molar-refractivity contribution in [2.24, 2.45) is 0 Å². The maximum Gasteiger partial charge on any atom is 0.264 e. The van der Waals surface area contributed by atoms with E-state index in [4.69, 9.17) is 4.74 Å². The fourth-order valence-electron chi connectivity index (χ4n) is 3.69. The largest absolute Gasteiger partial charge is 0.484 e. The van der Waals surface area contributed by atoms with Crippen LogP contribution >= 0.6 is 0 Å². The van der Waals surface area contributed by atoms with Gasteiger partial charge in [0.25, 0.3) is 15.9 Å². The number of hydrogen-bond donors (Lipinski definition) is 1. The molecule has 0 atom stereocenters. The van der Waals surface area contributed by atoms with Crippen molar-refractivity contribution >= 4 is 27.3 Å². The van der Waals surface area contributed by atoms with Crippen LogP contribution < -0.4 is 14.4 Å². The molecule has 166 valence electrons. The maximum absolute atomic E-state index is 13.1. The smallest absolute Gasteiger partial charge is 0.264 e. The molecule has 1 aliphatic rings. The topological polar surface area (TPSA) is 75.7 Å². The summed E-state index contributed by atoms with van der Waals surface area (Å²) in [6.45, 7) is 4.49. The van der Waals surface area contributed by atoms with Crippen molar-refractivity contribution in [2.45, 2.75) is 31.1 Å². The van der Waals surface area contributed by atoms with Gasteiger partial charge in [0.05, 0.1) is 10.6 Å². The highest BCUT2D eigenvalue weighted by atomic mass is 32.2. The molecule has 1 amide bonds. The molecule has 3 aromatic rings. The molecule has 0 bridgehead atoms. The van der Waals surface area contributed by atoms with Crippen LogP contribution in [0.25, 0.3) is 0 Å². The van der Waals surface area contributed by atoms with Crippen LogP contribution in [0.5, 0.6) is 5.75 Å². The molecule has 0 radical (unpaired) electrons. The predicted octanol–water partition coefficient (Wildman–Crippen LogP) is 4.58. The van der Waals surface area contributed by atoms with Crippen molar-refractivity contribution in [3.05, 3.63) is 83.9 Å². The summed E-state index contributed by atoms with van der Waals surface area (Å²) in [7, 11) is -3.65. The zero-order valence-electron chi connectivity index (χ0n) is 18.1. The number of carbonyl (C=O) groups excluding carboxylic acids is 1. The van der Waals surface area contributed by atoms with Gasteiger partial charge in [0.1, 0.15) is 5.75 Å². The normalized spacial score (nSPS) is 13.2. The van der Waals surface area contributed by atoms with Crippen LogP contribution in [0.4, 0.5) is 11.4 Å². The highest BCUT2D eigenvalue weighted by Crippen LogP contribution is 2.33. The fraction of sp³-hybridized carbons (Fsp3) is 0.240. The van der Waals surface area contributed by atoms with Crippen molar-refractivity contribution < 1.29 is 17.9 Å². The Morgan fingerprint density at radius 3 is 2.38 bits per heavy atom. The summed E-state index contributed by atoms with van der Waals surface area (Å²) in [5.41, 5.74) is 3.66. The summed E-state index contributed by atoms with van der Waals surface area (Å²) >= 11 is 0. The number of hydrogen-bond acceptors (Lipinski definition) is 4. The van der Waals surface area contributed by atoms with E-state index >= 15 is 0 Å². The average molecular weight is 451 g/mol. The van der Waals surface area contributed by atoms with Crippen molar-refractivity contribution in [3.63, 3.8) is 0 Å². The lowest BCUT2D eigenvalue weighted by molar-refractivity contribution is -0.118. The molecule has 3 aromatic carbocycles. The van der Waals surface area contributed by atoms with Crippen LogP contribution in [-0.4, -0.2) is 27.5 Å². The monoisotopic (exact) mass is 450 g/mol. The van der Waals surface area contributed by atoms with Gasteiger partial charge in [-0.2, -0.15) is 0 Å². The van der Waals surface area contributed by atoms with Gasteiger partial charge in [0.2, 0.25) is 0 Å². The second kappa shape index (κ2) is 9.04. The van der Waals surface area contributed by atoms with E-state index in [1.165, 1.54) is 22.0 Å². The minimum absolute atomic E-state index is 0.169. The molecule has 0 spiro atoms. The number of rotatable bonds is 7. The predicted molar refractivity (Wildman–Crippen MR) is 126 cm³/mol. The summed E-state index contributed by atoms with van der Waals surface area (Å²) in [5.74, 6) is 0.568. The molecule has 1 aliphatic heterocycles. The molecule has 0 fully saturated rings. The van der Waals surface area contributed by atoms with E-state index in [1.807, 2.05) is 48.5 Å². The summed E-state index contributed by atoms with van der Waals surface area (Å²) in [4.78, 5) is 12.4. The Balaban J connectivity index is 1.36. The van der Waals surface area contributed by atoms with Gasteiger partial charge in [-0.25, -0.2) is 8.42 Å². The van der Waals surface area contributed by atoms with E-state index in [1.54, 1.807) is 12.1 Å². The zero-order valence-corrected chi connectivity index (χ0v) is 18.9. The third-order valence-electron chi connectivity index (χ3n) is 5.49. The van der Waals surface area contributed by atoms with E-state index in [-0.39, 0.29) is 17.4 Å². The molecule has 0 aromatic heterocycles. The van der Waals surface area contributed by atoms with Gasteiger partial charge < -0.3 is 10.1 Å². The van der Waals surface area contributed by atoms with E-state index in [9.17, 15) is 13.2 Å². The zero-order chi connectivity index (χ0) is 22.7. The Morgan fingerprint density at radius 1 is 1.00 bits per heavy atom. The van der Waals surface area contributed by atoms with Gasteiger partial charge in [-0.1, -0.05) is 44.2 Å². The highest BCUT2D eigenvalue weighted by Gasteiger charge is 2.30. The van der Waals surface area contributed by atoms with E-state index in [0.717, 1.165) is 11.3 Å². The number of para-hydroxylation sites is 1. The molecule has 1 N–H and O–H groups in total. The fourth-order valence-corrected chi connectivity index (χ4v) is 5.19. The van der Waals surface area contributed by atoms with E-state index in [2.05, 4.69) is 19.2 Å². The summed E-state index contributed by atoms with van der Waals surface area (Å²) in [5, 5.41) is 2.79.